The molecular weight excluding hydrogens is 306 g/mol. The monoisotopic (exact) mass is 325 g/mol. The minimum Gasteiger partial charge on any atom is -0.380 e. The highest BCUT2D eigenvalue weighted by Gasteiger charge is 2.10. The number of nitro groups is 1. The van der Waals surface area contributed by atoms with Gasteiger partial charge in [-0.25, -0.2) is 0 Å². The molecule has 0 radical (unpaired) electrons. The minimum absolute atomic E-state index is 0.0289. The van der Waals surface area contributed by atoms with Gasteiger partial charge in [0.15, 0.2) is 0 Å². The molecule has 2 rings (SSSR count). The zero-order valence-electron chi connectivity index (χ0n) is 13.4. The number of rotatable bonds is 8. The molecule has 0 spiro atoms. The van der Waals surface area contributed by atoms with Gasteiger partial charge >= 0.3 is 0 Å². The molecule has 1 N–H and O–H groups in total. The molecule has 0 aliphatic heterocycles. The van der Waals surface area contributed by atoms with E-state index in [-0.39, 0.29) is 5.69 Å². The van der Waals surface area contributed by atoms with Crippen LogP contribution in [0.15, 0.2) is 71.5 Å². The van der Waals surface area contributed by atoms with Gasteiger partial charge in [0, 0.05) is 25.7 Å². The van der Waals surface area contributed by atoms with Crippen molar-refractivity contribution in [3.05, 3.63) is 76.9 Å². The Kier molecular flexibility index (Phi) is 6.01. The molecule has 0 unspecified atom stereocenters. The van der Waals surface area contributed by atoms with E-state index in [1.807, 2.05) is 30.3 Å². The maximum Gasteiger partial charge on any atom is 0.271 e. The Labute approximate surface area is 140 Å². The van der Waals surface area contributed by atoms with Crippen molar-refractivity contribution < 1.29 is 4.92 Å². The molecule has 7 nitrogen and oxygen atoms in total. The van der Waals surface area contributed by atoms with E-state index >= 15 is 0 Å². The molecule has 0 amide bonds. The Morgan fingerprint density at radius 2 is 2.04 bits per heavy atom. The summed E-state index contributed by atoms with van der Waals surface area (Å²) in [5.74, 6) is 0. The molecule has 0 aliphatic carbocycles. The van der Waals surface area contributed by atoms with E-state index in [2.05, 4.69) is 22.2 Å². The summed E-state index contributed by atoms with van der Waals surface area (Å²) < 4.78 is 0. The van der Waals surface area contributed by atoms with Crippen molar-refractivity contribution in [2.45, 2.75) is 6.54 Å². The molecule has 7 heteroatoms. The SMILES string of the molecule is C=CCNc1ccc([N+](=O)[O-])cc1N=NN(C)Cc1ccccc1. The van der Waals surface area contributed by atoms with Crippen LogP contribution >= 0.6 is 0 Å². The lowest BCUT2D eigenvalue weighted by atomic mass is 10.2. The summed E-state index contributed by atoms with van der Waals surface area (Å²) in [6.07, 6.45) is 1.70. The molecule has 0 heterocycles. The van der Waals surface area contributed by atoms with Gasteiger partial charge in [-0.3, -0.25) is 15.1 Å². The van der Waals surface area contributed by atoms with E-state index in [4.69, 9.17) is 0 Å². The van der Waals surface area contributed by atoms with Crippen molar-refractivity contribution in [2.24, 2.45) is 10.3 Å². The van der Waals surface area contributed by atoms with Gasteiger partial charge in [0.1, 0.15) is 5.69 Å². The van der Waals surface area contributed by atoms with E-state index in [1.165, 1.54) is 12.1 Å². The number of nitrogens with zero attached hydrogens (tertiary/aromatic N) is 4. The standard InChI is InChI=1S/C17H19N5O2/c1-3-11-18-16-10-9-15(22(23)24)12-17(16)19-20-21(2)13-14-7-5-4-6-8-14/h3-10,12,18H,1,11,13H2,2H3. The lowest BCUT2D eigenvalue weighted by molar-refractivity contribution is -0.384. The Hall–Kier alpha value is -3.22. The van der Waals surface area contributed by atoms with Crippen molar-refractivity contribution in [2.75, 3.05) is 18.9 Å². The first-order valence-electron chi connectivity index (χ1n) is 7.40. The van der Waals surface area contributed by atoms with Crippen LogP contribution in [0.3, 0.4) is 0 Å². The van der Waals surface area contributed by atoms with E-state index < -0.39 is 4.92 Å². The first kappa shape index (κ1) is 17.1. The van der Waals surface area contributed by atoms with Crippen LogP contribution in [0, 0.1) is 10.1 Å². The number of non-ortho nitro benzene ring substituents is 1. The average molecular weight is 325 g/mol. The van der Waals surface area contributed by atoms with E-state index in [9.17, 15) is 10.1 Å². The lowest BCUT2D eigenvalue weighted by Gasteiger charge is -2.12. The Balaban J connectivity index is 2.17. The molecule has 2 aromatic carbocycles. The van der Waals surface area contributed by atoms with Gasteiger partial charge in [0.25, 0.3) is 5.69 Å². The van der Waals surface area contributed by atoms with E-state index in [0.717, 1.165) is 5.56 Å². The Bertz CT molecular complexity index is 731. The molecule has 2 aromatic rings. The number of hydrogen-bond donors (Lipinski definition) is 1. The van der Waals surface area contributed by atoms with Crippen molar-refractivity contribution in [1.82, 2.24) is 5.01 Å². The summed E-state index contributed by atoms with van der Waals surface area (Å²) >= 11 is 0. The zero-order chi connectivity index (χ0) is 17.4. The predicted molar refractivity (Wildman–Crippen MR) is 94.2 cm³/mol. The first-order valence-corrected chi connectivity index (χ1v) is 7.40. The summed E-state index contributed by atoms with van der Waals surface area (Å²) in [6, 6.07) is 14.3. The van der Waals surface area contributed by atoms with Crippen LogP contribution in [0.4, 0.5) is 17.1 Å². The van der Waals surface area contributed by atoms with E-state index in [0.29, 0.717) is 24.5 Å². The zero-order valence-corrected chi connectivity index (χ0v) is 13.4. The fraction of sp³-hybridized carbons (Fsp3) is 0.176. The fourth-order valence-corrected chi connectivity index (χ4v) is 2.05. The summed E-state index contributed by atoms with van der Waals surface area (Å²) in [7, 11) is 1.80. The van der Waals surface area contributed by atoms with Crippen molar-refractivity contribution in [3.8, 4) is 0 Å². The normalized spacial score (nSPS) is 10.5. The number of hydrogen-bond acceptors (Lipinski definition) is 5. The molecule has 24 heavy (non-hydrogen) atoms. The van der Waals surface area contributed by atoms with Gasteiger partial charge in [-0.05, 0) is 11.6 Å². The number of anilines is 1. The number of benzene rings is 2. The van der Waals surface area contributed by atoms with Crippen molar-refractivity contribution >= 4 is 17.1 Å². The summed E-state index contributed by atoms with van der Waals surface area (Å²) in [5, 5.41) is 24.0. The molecule has 0 fully saturated rings. The van der Waals surface area contributed by atoms with Gasteiger partial charge in [0.05, 0.1) is 17.2 Å². The van der Waals surface area contributed by atoms with Gasteiger partial charge in [-0.1, -0.05) is 41.6 Å². The predicted octanol–water partition coefficient (Wildman–Crippen LogP) is 4.32. The first-order chi connectivity index (χ1) is 11.6. The molecule has 0 aliphatic rings. The smallest absolute Gasteiger partial charge is 0.271 e. The van der Waals surface area contributed by atoms with Gasteiger partial charge in [-0.2, -0.15) is 0 Å². The fourth-order valence-electron chi connectivity index (χ4n) is 2.05. The molecule has 0 aromatic heterocycles. The summed E-state index contributed by atoms with van der Waals surface area (Å²) in [6.45, 7) is 4.76. The average Bonchev–Trinajstić information content (AvgIpc) is 2.59. The van der Waals surface area contributed by atoms with Gasteiger partial charge in [-0.15, -0.1) is 11.7 Å². The highest BCUT2D eigenvalue weighted by atomic mass is 16.6. The highest BCUT2D eigenvalue weighted by molar-refractivity contribution is 5.68. The molecule has 0 atom stereocenters. The van der Waals surface area contributed by atoms with Crippen LogP contribution < -0.4 is 5.32 Å². The third-order valence-electron chi connectivity index (χ3n) is 3.19. The summed E-state index contributed by atoms with van der Waals surface area (Å²) in [5.41, 5.74) is 2.14. The quantitative estimate of drug-likeness (QED) is 0.339. The van der Waals surface area contributed by atoms with Crippen LogP contribution in [0.25, 0.3) is 0 Å². The van der Waals surface area contributed by atoms with Crippen LogP contribution in [-0.2, 0) is 6.54 Å². The van der Waals surface area contributed by atoms with Gasteiger partial charge < -0.3 is 5.32 Å². The Morgan fingerprint density at radius 1 is 1.29 bits per heavy atom. The second-order valence-corrected chi connectivity index (χ2v) is 5.12. The number of nitrogens with one attached hydrogen (secondary N) is 1. The van der Waals surface area contributed by atoms with Crippen LogP contribution in [-0.4, -0.2) is 23.5 Å². The Morgan fingerprint density at radius 3 is 2.71 bits per heavy atom. The van der Waals surface area contributed by atoms with Crippen molar-refractivity contribution in [3.63, 3.8) is 0 Å². The second kappa shape index (κ2) is 8.42. The largest absolute Gasteiger partial charge is 0.380 e. The third-order valence-corrected chi connectivity index (χ3v) is 3.19. The number of nitro benzene ring substituents is 1. The molecular formula is C17H19N5O2. The van der Waals surface area contributed by atoms with Gasteiger partial charge in [0.2, 0.25) is 0 Å². The maximum absolute atomic E-state index is 10.9. The third kappa shape index (κ3) is 4.91. The molecule has 0 bridgehead atoms. The molecule has 0 saturated heterocycles. The summed E-state index contributed by atoms with van der Waals surface area (Å²) in [4.78, 5) is 10.5. The maximum atomic E-state index is 10.9. The van der Waals surface area contributed by atoms with Crippen LogP contribution in [0.5, 0.6) is 0 Å². The topological polar surface area (TPSA) is 83.1 Å². The van der Waals surface area contributed by atoms with E-state index in [1.54, 1.807) is 24.2 Å². The highest BCUT2D eigenvalue weighted by Crippen LogP contribution is 2.30. The van der Waals surface area contributed by atoms with Crippen molar-refractivity contribution in [1.29, 1.82) is 0 Å². The molecule has 124 valence electrons. The minimum atomic E-state index is -0.454. The lowest BCUT2D eigenvalue weighted by Crippen LogP contribution is -2.09. The molecule has 0 saturated carbocycles. The second-order valence-electron chi connectivity index (χ2n) is 5.12. The van der Waals surface area contributed by atoms with Crippen LogP contribution in [0.1, 0.15) is 5.56 Å². The van der Waals surface area contributed by atoms with Crippen LogP contribution in [0.2, 0.25) is 0 Å².